The van der Waals surface area contributed by atoms with Gasteiger partial charge in [-0.3, -0.25) is 10.1 Å². The van der Waals surface area contributed by atoms with Crippen LogP contribution in [0.3, 0.4) is 0 Å². The third-order valence-electron chi connectivity index (χ3n) is 4.36. The second-order valence-corrected chi connectivity index (χ2v) is 5.66. The molecule has 1 aliphatic rings. The predicted molar refractivity (Wildman–Crippen MR) is 85.2 cm³/mol. The van der Waals surface area contributed by atoms with Crippen molar-refractivity contribution in [2.75, 3.05) is 13.2 Å². The topological polar surface area (TPSA) is 38.3 Å². The monoisotopic (exact) mass is 287 g/mol. The van der Waals surface area contributed by atoms with Crippen LogP contribution >= 0.6 is 0 Å². The second-order valence-electron chi connectivity index (χ2n) is 5.66. The van der Waals surface area contributed by atoms with Crippen molar-refractivity contribution < 1.29 is 9.53 Å². The molecule has 21 heavy (non-hydrogen) atoms. The minimum absolute atomic E-state index is 0.113. The molecule has 1 aromatic rings. The third kappa shape index (κ3) is 3.73. The van der Waals surface area contributed by atoms with E-state index in [4.69, 9.17) is 4.74 Å². The zero-order valence-corrected chi connectivity index (χ0v) is 12.8. The molecule has 1 aliphatic carbocycles. The van der Waals surface area contributed by atoms with Gasteiger partial charge in [0.25, 0.3) is 0 Å². The summed E-state index contributed by atoms with van der Waals surface area (Å²) < 4.78 is 5.29. The molecule has 0 atom stereocenters. The van der Waals surface area contributed by atoms with Crippen molar-refractivity contribution in [3.63, 3.8) is 0 Å². The average molecular weight is 287 g/mol. The number of carbonyl (C=O) groups excluding carboxylic acids is 1. The Morgan fingerprint density at radius 2 is 2.05 bits per heavy atom. The molecule has 0 aromatic heterocycles. The lowest BCUT2D eigenvalue weighted by Crippen LogP contribution is -2.54. The van der Waals surface area contributed by atoms with Crippen molar-refractivity contribution in [2.45, 2.75) is 44.1 Å². The van der Waals surface area contributed by atoms with Gasteiger partial charge in [-0.15, -0.1) is 6.58 Å². The van der Waals surface area contributed by atoms with Crippen LogP contribution in [0.15, 0.2) is 43.0 Å². The molecule has 2 rings (SSSR count). The number of nitrogens with one attached hydrogen (secondary N) is 1. The maximum Gasteiger partial charge on any atom is 0.326 e. The standard InChI is InChI=1S/C18H25NO2/c1-3-14-19-18(17(20)21-4-2)12-10-16(11-13-18)15-8-6-5-7-9-15/h3,5-9,16,19H,1,4,10-14H2,2H3. The summed E-state index contributed by atoms with van der Waals surface area (Å²) in [5, 5.41) is 3.35. The van der Waals surface area contributed by atoms with E-state index in [0.717, 1.165) is 25.7 Å². The van der Waals surface area contributed by atoms with Gasteiger partial charge in [0, 0.05) is 6.54 Å². The molecule has 0 radical (unpaired) electrons. The number of esters is 1. The molecule has 0 saturated heterocycles. The first-order chi connectivity index (χ1) is 10.2. The maximum atomic E-state index is 12.4. The van der Waals surface area contributed by atoms with Gasteiger partial charge in [-0.25, -0.2) is 0 Å². The van der Waals surface area contributed by atoms with E-state index in [2.05, 4.69) is 36.2 Å². The Labute approximate surface area is 127 Å². The summed E-state index contributed by atoms with van der Waals surface area (Å²) >= 11 is 0. The summed E-state index contributed by atoms with van der Waals surface area (Å²) in [6.45, 7) is 6.65. The Morgan fingerprint density at radius 3 is 2.62 bits per heavy atom. The van der Waals surface area contributed by atoms with Crippen LogP contribution in [0.2, 0.25) is 0 Å². The first kappa shape index (κ1) is 15.8. The molecular formula is C18H25NO2. The summed E-state index contributed by atoms with van der Waals surface area (Å²) in [7, 11) is 0. The minimum atomic E-state index is -0.532. The van der Waals surface area contributed by atoms with Crippen molar-refractivity contribution in [1.82, 2.24) is 5.32 Å². The Morgan fingerprint density at radius 1 is 1.38 bits per heavy atom. The summed E-state index contributed by atoms with van der Waals surface area (Å²) in [6.07, 6.45) is 5.45. The van der Waals surface area contributed by atoms with Crippen LogP contribution in [0.25, 0.3) is 0 Å². The molecule has 3 nitrogen and oxygen atoms in total. The van der Waals surface area contributed by atoms with Crippen LogP contribution in [0, 0.1) is 0 Å². The molecule has 0 bridgehead atoms. The molecule has 1 saturated carbocycles. The first-order valence-electron chi connectivity index (χ1n) is 7.80. The van der Waals surface area contributed by atoms with E-state index in [1.54, 1.807) is 6.08 Å². The molecule has 114 valence electrons. The zero-order valence-electron chi connectivity index (χ0n) is 12.8. The number of ether oxygens (including phenoxy) is 1. The summed E-state index contributed by atoms with van der Waals surface area (Å²) in [6, 6.07) is 10.6. The van der Waals surface area contributed by atoms with Gasteiger partial charge in [-0.05, 0) is 44.1 Å². The smallest absolute Gasteiger partial charge is 0.326 e. The Bertz CT molecular complexity index is 461. The molecular weight excluding hydrogens is 262 g/mol. The zero-order chi connectivity index (χ0) is 15.1. The van der Waals surface area contributed by atoms with Crippen LogP contribution in [0.5, 0.6) is 0 Å². The average Bonchev–Trinajstić information content (AvgIpc) is 2.54. The van der Waals surface area contributed by atoms with Crippen LogP contribution in [0.4, 0.5) is 0 Å². The highest BCUT2D eigenvalue weighted by molar-refractivity contribution is 5.81. The quantitative estimate of drug-likeness (QED) is 0.643. The van der Waals surface area contributed by atoms with Crippen molar-refractivity contribution in [3.05, 3.63) is 48.6 Å². The maximum absolute atomic E-state index is 12.4. The molecule has 0 unspecified atom stereocenters. The van der Waals surface area contributed by atoms with Gasteiger partial charge in [0.1, 0.15) is 5.54 Å². The van der Waals surface area contributed by atoms with Crippen LogP contribution in [-0.2, 0) is 9.53 Å². The Kier molecular flexibility index (Phi) is 5.57. The predicted octanol–water partition coefficient (Wildman–Crippen LogP) is 3.42. The number of hydrogen-bond acceptors (Lipinski definition) is 3. The molecule has 0 heterocycles. The minimum Gasteiger partial charge on any atom is -0.465 e. The molecule has 0 amide bonds. The van der Waals surface area contributed by atoms with Gasteiger partial charge < -0.3 is 4.74 Å². The molecule has 1 N–H and O–H groups in total. The first-order valence-corrected chi connectivity index (χ1v) is 7.80. The third-order valence-corrected chi connectivity index (χ3v) is 4.36. The van der Waals surface area contributed by atoms with Crippen molar-refractivity contribution in [1.29, 1.82) is 0 Å². The van der Waals surface area contributed by atoms with Crippen LogP contribution in [-0.4, -0.2) is 24.7 Å². The second kappa shape index (κ2) is 7.41. The number of hydrogen-bond donors (Lipinski definition) is 1. The molecule has 1 aromatic carbocycles. The van der Waals surface area contributed by atoms with E-state index in [-0.39, 0.29) is 5.97 Å². The van der Waals surface area contributed by atoms with Crippen LogP contribution in [0.1, 0.15) is 44.1 Å². The Balaban J connectivity index is 2.05. The van der Waals surface area contributed by atoms with Gasteiger partial charge in [0.2, 0.25) is 0 Å². The summed E-state index contributed by atoms with van der Waals surface area (Å²) in [5.41, 5.74) is 0.842. The highest BCUT2D eigenvalue weighted by atomic mass is 16.5. The fourth-order valence-electron chi connectivity index (χ4n) is 3.16. The van der Waals surface area contributed by atoms with E-state index in [0.29, 0.717) is 19.1 Å². The number of carbonyl (C=O) groups is 1. The molecule has 1 fully saturated rings. The van der Waals surface area contributed by atoms with Crippen molar-refractivity contribution in [3.8, 4) is 0 Å². The SMILES string of the molecule is C=CCNC1(C(=O)OCC)CCC(c2ccccc2)CC1. The lowest BCUT2D eigenvalue weighted by atomic mass is 9.74. The van der Waals surface area contributed by atoms with Gasteiger partial charge in [0.15, 0.2) is 0 Å². The van der Waals surface area contributed by atoms with E-state index < -0.39 is 5.54 Å². The van der Waals surface area contributed by atoms with E-state index in [1.165, 1.54) is 5.56 Å². The number of rotatable bonds is 6. The molecule has 0 aliphatic heterocycles. The largest absolute Gasteiger partial charge is 0.465 e. The van der Waals surface area contributed by atoms with E-state index >= 15 is 0 Å². The van der Waals surface area contributed by atoms with E-state index in [9.17, 15) is 4.79 Å². The lowest BCUT2D eigenvalue weighted by Gasteiger charge is -2.38. The highest BCUT2D eigenvalue weighted by Gasteiger charge is 2.42. The van der Waals surface area contributed by atoms with Crippen molar-refractivity contribution in [2.24, 2.45) is 0 Å². The lowest BCUT2D eigenvalue weighted by molar-refractivity contribution is -0.152. The summed E-state index contributed by atoms with van der Waals surface area (Å²) in [4.78, 5) is 12.4. The summed E-state index contributed by atoms with van der Waals surface area (Å²) in [5.74, 6) is 0.428. The highest BCUT2D eigenvalue weighted by Crippen LogP contribution is 2.38. The Hall–Kier alpha value is -1.61. The van der Waals surface area contributed by atoms with E-state index in [1.807, 2.05) is 13.0 Å². The fourth-order valence-corrected chi connectivity index (χ4v) is 3.16. The number of benzene rings is 1. The van der Waals surface area contributed by atoms with Crippen molar-refractivity contribution >= 4 is 5.97 Å². The normalized spacial score (nSPS) is 25.3. The van der Waals surface area contributed by atoms with Gasteiger partial charge in [-0.1, -0.05) is 36.4 Å². The van der Waals surface area contributed by atoms with Gasteiger partial charge >= 0.3 is 5.97 Å². The van der Waals surface area contributed by atoms with Gasteiger partial charge in [-0.2, -0.15) is 0 Å². The van der Waals surface area contributed by atoms with Crippen LogP contribution < -0.4 is 5.32 Å². The molecule has 3 heteroatoms. The fraction of sp³-hybridized carbons (Fsp3) is 0.500. The van der Waals surface area contributed by atoms with Gasteiger partial charge in [0.05, 0.1) is 6.61 Å². The molecule has 0 spiro atoms.